The van der Waals surface area contributed by atoms with Gasteiger partial charge in [-0.15, -0.1) is 10.2 Å². The maximum absolute atomic E-state index is 11.6. The van der Waals surface area contributed by atoms with Gasteiger partial charge in [0.25, 0.3) is 0 Å². The van der Waals surface area contributed by atoms with Crippen LogP contribution in [0.25, 0.3) is 0 Å². The van der Waals surface area contributed by atoms with Gasteiger partial charge in [0.1, 0.15) is 5.01 Å². The third-order valence-corrected chi connectivity index (χ3v) is 3.31. The molecule has 1 amide bonds. The van der Waals surface area contributed by atoms with Gasteiger partial charge in [0.05, 0.1) is 10.9 Å². The SMILES string of the molecule is CC(C)Cc1nnc(NC(=O)C(C)C(N)=S)s1. The largest absolute Gasteiger partial charge is 0.393 e. The van der Waals surface area contributed by atoms with Gasteiger partial charge in [-0.25, -0.2) is 0 Å². The molecular weight excluding hydrogens is 256 g/mol. The molecule has 0 fully saturated rings. The fraction of sp³-hybridized carbons (Fsp3) is 0.600. The number of nitrogens with two attached hydrogens (primary N) is 1. The predicted octanol–water partition coefficient (Wildman–Crippen LogP) is 1.60. The Morgan fingerprint density at radius 1 is 1.47 bits per heavy atom. The van der Waals surface area contributed by atoms with E-state index in [1.54, 1.807) is 6.92 Å². The van der Waals surface area contributed by atoms with E-state index in [9.17, 15) is 4.79 Å². The van der Waals surface area contributed by atoms with Crippen LogP contribution < -0.4 is 11.1 Å². The van der Waals surface area contributed by atoms with Crippen molar-refractivity contribution >= 4 is 39.6 Å². The van der Waals surface area contributed by atoms with E-state index in [1.807, 2.05) is 0 Å². The highest BCUT2D eigenvalue weighted by atomic mass is 32.1. The summed E-state index contributed by atoms with van der Waals surface area (Å²) in [6.45, 7) is 5.87. The van der Waals surface area contributed by atoms with Crippen molar-refractivity contribution in [3.63, 3.8) is 0 Å². The van der Waals surface area contributed by atoms with Gasteiger partial charge in [-0.2, -0.15) is 0 Å². The van der Waals surface area contributed by atoms with E-state index >= 15 is 0 Å². The number of aromatic nitrogens is 2. The molecule has 0 radical (unpaired) electrons. The second-order valence-corrected chi connectivity index (χ2v) is 5.75. The molecule has 1 rings (SSSR count). The van der Waals surface area contributed by atoms with Gasteiger partial charge >= 0.3 is 0 Å². The van der Waals surface area contributed by atoms with Gasteiger partial charge in [0, 0.05) is 6.42 Å². The lowest BCUT2D eigenvalue weighted by Gasteiger charge is -2.07. The van der Waals surface area contributed by atoms with E-state index in [0.29, 0.717) is 11.0 Å². The smallest absolute Gasteiger partial charge is 0.235 e. The van der Waals surface area contributed by atoms with E-state index in [4.69, 9.17) is 18.0 Å². The minimum atomic E-state index is -0.498. The van der Waals surface area contributed by atoms with Crippen LogP contribution in [-0.2, 0) is 11.2 Å². The Morgan fingerprint density at radius 3 is 2.65 bits per heavy atom. The summed E-state index contributed by atoms with van der Waals surface area (Å²) in [5, 5.41) is 12.0. The molecule has 7 heteroatoms. The Balaban J connectivity index is 2.60. The minimum absolute atomic E-state index is 0.175. The topological polar surface area (TPSA) is 80.9 Å². The molecular formula is C10H16N4OS2. The number of anilines is 1. The third-order valence-electron chi connectivity index (χ3n) is 2.10. The number of hydrogen-bond acceptors (Lipinski definition) is 5. The summed E-state index contributed by atoms with van der Waals surface area (Å²) in [4.78, 5) is 11.8. The van der Waals surface area contributed by atoms with Crippen molar-refractivity contribution in [1.29, 1.82) is 0 Å². The molecule has 0 aliphatic rings. The second-order valence-electron chi connectivity index (χ2n) is 4.21. The molecule has 1 aromatic heterocycles. The highest BCUT2D eigenvalue weighted by Crippen LogP contribution is 2.18. The van der Waals surface area contributed by atoms with Crippen LogP contribution in [0.5, 0.6) is 0 Å². The zero-order valence-corrected chi connectivity index (χ0v) is 11.7. The van der Waals surface area contributed by atoms with Crippen molar-refractivity contribution in [2.45, 2.75) is 27.2 Å². The van der Waals surface area contributed by atoms with Gasteiger partial charge in [0.2, 0.25) is 11.0 Å². The monoisotopic (exact) mass is 272 g/mol. The Bertz CT molecular complexity index is 416. The number of nitrogens with one attached hydrogen (secondary N) is 1. The van der Waals surface area contributed by atoms with Crippen LogP contribution >= 0.6 is 23.6 Å². The first kappa shape index (κ1) is 14.0. The summed E-state index contributed by atoms with van der Waals surface area (Å²) in [7, 11) is 0. The van der Waals surface area contributed by atoms with Crippen LogP contribution in [-0.4, -0.2) is 21.1 Å². The highest BCUT2D eigenvalue weighted by Gasteiger charge is 2.17. The molecule has 94 valence electrons. The number of carbonyl (C=O) groups excluding carboxylic acids is 1. The zero-order valence-electron chi connectivity index (χ0n) is 10.1. The van der Waals surface area contributed by atoms with E-state index < -0.39 is 5.92 Å². The molecule has 0 saturated heterocycles. The average Bonchev–Trinajstić information content (AvgIpc) is 2.63. The van der Waals surface area contributed by atoms with Gasteiger partial charge in [-0.1, -0.05) is 37.4 Å². The van der Waals surface area contributed by atoms with Gasteiger partial charge in [-0.3, -0.25) is 10.1 Å². The quantitative estimate of drug-likeness (QED) is 0.796. The van der Waals surface area contributed by atoms with Crippen molar-refractivity contribution in [2.75, 3.05) is 5.32 Å². The number of rotatable bonds is 5. The molecule has 0 aliphatic carbocycles. The lowest BCUT2D eigenvalue weighted by atomic mass is 10.1. The number of hydrogen-bond donors (Lipinski definition) is 2. The molecule has 0 aromatic carbocycles. The molecule has 17 heavy (non-hydrogen) atoms. The van der Waals surface area contributed by atoms with Gasteiger partial charge in [-0.05, 0) is 12.8 Å². The van der Waals surface area contributed by atoms with Gasteiger partial charge < -0.3 is 5.73 Å². The molecule has 1 unspecified atom stereocenters. The van der Waals surface area contributed by atoms with E-state index in [2.05, 4.69) is 29.4 Å². The minimum Gasteiger partial charge on any atom is -0.393 e. The van der Waals surface area contributed by atoms with Crippen LogP contribution in [0.4, 0.5) is 5.13 Å². The van der Waals surface area contributed by atoms with E-state index in [0.717, 1.165) is 11.4 Å². The third kappa shape index (κ3) is 4.35. The number of amides is 1. The zero-order chi connectivity index (χ0) is 13.0. The molecule has 1 aromatic rings. The molecule has 1 heterocycles. The van der Waals surface area contributed by atoms with Crippen LogP contribution in [0.1, 0.15) is 25.8 Å². The van der Waals surface area contributed by atoms with Crippen LogP contribution in [0.2, 0.25) is 0 Å². The van der Waals surface area contributed by atoms with E-state index in [1.165, 1.54) is 11.3 Å². The number of thiocarbonyl (C=S) groups is 1. The standard InChI is InChI=1S/C10H16N4OS2/c1-5(2)4-7-13-14-10(17-7)12-9(15)6(3)8(11)16/h5-6H,4H2,1-3H3,(H2,11,16)(H,12,14,15). The highest BCUT2D eigenvalue weighted by molar-refractivity contribution is 7.80. The summed E-state index contributed by atoms with van der Waals surface area (Å²) in [5.74, 6) is -0.228. The van der Waals surface area contributed by atoms with Crippen LogP contribution in [0.15, 0.2) is 0 Å². The fourth-order valence-electron chi connectivity index (χ4n) is 1.08. The van der Waals surface area contributed by atoms with Crippen molar-refractivity contribution in [1.82, 2.24) is 10.2 Å². The maximum atomic E-state index is 11.6. The Hall–Kier alpha value is -1.08. The Kier molecular flexibility index (Phi) is 4.95. The molecule has 0 aliphatic heterocycles. The fourth-order valence-corrected chi connectivity index (χ4v) is 2.14. The van der Waals surface area contributed by atoms with Crippen molar-refractivity contribution in [3.8, 4) is 0 Å². The predicted molar refractivity (Wildman–Crippen MR) is 73.0 cm³/mol. The Labute approximate surface area is 110 Å². The summed E-state index contributed by atoms with van der Waals surface area (Å²) >= 11 is 6.14. The molecule has 3 N–H and O–H groups in total. The maximum Gasteiger partial charge on any atom is 0.235 e. The lowest BCUT2D eigenvalue weighted by Crippen LogP contribution is -2.30. The van der Waals surface area contributed by atoms with Crippen molar-refractivity contribution in [2.24, 2.45) is 17.6 Å². The summed E-state index contributed by atoms with van der Waals surface area (Å²) in [6.07, 6.45) is 0.860. The summed E-state index contributed by atoms with van der Waals surface area (Å²) in [6, 6.07) is 0. The number of nitrogens with zero attached hydrogens (tertiary/aromatic N) is 2. The summed E-state index contributed by atoms with van der Waals surface area (Å²) in [5.41, 5.74) is 5.40. The first-order valence-corrected chi connectivity index (χ1v) is 6.55. The lowest BCUT2D eigenvalue weighted by molar-refractivity contribution is -0.117. The molecule has 0 bridgehead atoms. The van der Waals surface area contributed by atoms with Gasteiger partial charge in [0.15, 0.2) is 0 Å². The van der Waals surface area contributed by atoms with E-state index in [-0.39, 0.29) is 10.9 Å². The molecule has 0 saturated carbocycles. The molecule has 0 spiro atoms. The van der Waals surface area contributed by atoms with Crippen molar-refractivity contribution < 1.29 is 4.79 Å². The molecule has 5 nitrogen and oxygen atoms in total. The van der Waals surface area contributed by atoms with Crippen molar-refractivity contribution in [3.05, 3.63) is 5.01 Å². The Morgan fingerprint density at radius 2 is 2.12 bits per heavy atom. The number of carbonyl (C=O) groups is 1. The van der Waals surface area contributed by atoms with Crippen LogP contribution in [0, 0.1) is 11.8 Å². The first-order valence-electron chi connectivity index (χ1n) is 5.32. The normalized spacial score (nSPS) is 12.5. The average molecular weight is 272 g/mol. The summed E-state index contributed by atoms with van der Waals surface area (Å²) < 4.78 is 0. The molecule has 1 atom stereocenters. The first-order chi connectivity index (χ1) is 7.90. The van der Waals surface area contributed by atoms with Crippen LogP contribution in [0.3, 0.4) is 0 Å². The second kappa shape index (κ2) is 6.02.